The third-order valence-electron chi connectivity index (χ3n) is 5.76. The van der Waals surface area contributed by atoms with Crippen LogP contribution < -0.4 is 10.1 Å². The molecule has 3 aromatic carbocycles. The van der Waals surface area contributed by atoms with Gasteiger partial charge in [-0.3, -0.25) is 9.69 Å². The van der Waals surface area contributed by atoms with Gasteiger partial charge in [0.1, 0.15) is 12.4 Å². The summed E-state index contributed by atoms with van der Waals surface area (Å²) >= 11 is 0. The van der Waals surface area contributed by atoms with E-state index in [4.69, 9.17) is 14.2 Å². The predicted octanol–water partition coefficient (Wildman–Crippen LogP) is 3.57. The summed E-state index contributed by atoms with van der Waals surface area (Å²) in [4.78, 5) is 27.0. The zero-order valence-electron chi connectivity index (χ0n) is 19.7. The molecule has 7 nitrogen and oxygen atoms in total. The van der Waals surface area contributed by atoms with E-state index < -0.39 is 5.97 Å². The van der Waals surface area contributed by atoms with Crippen molar-refractivity contribution in [3.8, 4) is 5.75 Å². The molecular weight excluding hydrogens is 444 g/mol. The quantitative estimate of drug-likeness (QED) is 0.453. The molecule has 0 bridgehead atoms. The Hall–Kier alpha value is -3.68. The first-order valence-corrected chi connectivity index (χ1v) is 11.7. The van der Waals surface area contributed by atoms with Crippen molar-refractivity contribution in [2.75, 3.05) is 32.9 Å². The number of benzene rings is 3. The SMILES string of the molecule is O=C(COC(=O)c1ccc(OCc2ccccc2)cc1)NCc1ccccc1CN1CCOCC1. The smallest absolute Gasteiger partial charge is 0.338 e. The maximum Gasteiger partial charge on any atom is 0.338 e. The number of hydrogen-bond donors (Lipinski definition) is 1. The van der Waals surface area contributed by atoms with Crippen LogP contribution in [0.4, 0.5) is 0 Å². The topological polar surface area (TPSA) is 77.1 Å². The van der Waals surface area contributed by atoms with Gasteiger partial charge in [0.15, 0.2) is 6.61 Å². The number of nitrogens with one attached hydrogen (secondary N) is 1. The molecule has 1 saturated heterocycles. The van der Waals surface area contributed by atoms with E-state index in [1.165, 1.54) is 5.56 Å². The van der Waals surface area contributed by atoms with Crippen LogP contribution in [0.15, 0.2) is 78.9 Å². The normalized spacial score (nSPS) is 13.7. The number of nitrogens with zero attached hydrogens (tertiary/aromatic N) is 1. The molecule has 0 aromatic heterocycles. The Labute approximate surface area is 205 Å². The second-order valence-corrected chi connectivity index (χ2v) is 8.31. The van der Waals surface area contributed by atoms with E-state index in [2.05, 4.69) is 16.3 Å². The minimum atomic E-state index is -0.553. The van der Waals surface area contributed by atoms with Crippen molar-refractivity contribution < 1.29 is 23.8 Å². The van der Waals surface area contributed by atoms with Crippen LogP contribution in [0, 0.1) is 0 Å². The Balaban J connectivity index is 1.21. The lowest BCUT2D eigenvalue weighted by Gasteiger charge is -2.27. The van der Waals surface area contributed by atoms with E-state index >= 15 is 0 Å². The van der Waals surface area contributed by atoms with Gasteiger partial charge in [-0.1, -0.05) is 54.6 Å². The molecule has 1 fully saturated rings. The van der Waals surface area contributed by atoms with Crippen LogP contribution in [0.5, 0.6) is 5.75 Å². The van der Waals surface area contributed by atoms with Gasteiger partial charge in [0.2, 0.25) is 0 Å². The van der Waals surface area contributed by atoms with Gasteiger partial charge in [0.25, 0.3) is 5.91 Å². The minimum Gasteiger partial charge on any atom is -0.489 e. The molecule has 0 spiro atoms. The Bertz CT molecular complexity index is 1100. The third kappa shape index (κ3) is 7.67. The van der Waals surface area contributed by atoms with E-state index in [1.807, 2.05) is 48.5 Å². The fraction of sp³-hybridized carbons (Fsp3) is 0.286. The highest BCUT2D eigenvalue weighted by molar-refractivity contribution is 5.91. The first-order chi connectivity index (χ1) is 17.2. The van der Waals surface area contributed by atoms with Crippen LogP contribution in [-0.4, -0.2) is 49.7 Å². The summed E-state index contributed by atoms with van der Waals surface area (Å²) in [6, 6.07) is 24.6. The van der Waals surface area contributed by atoms with Crippen molar-refractivity contribution in [2.24, 2.45) is 0 Å². The number of esters is 1. The summed E-state index contributed by atoms with van der Waals surface area (Å²) in [6.45, 7) is 4.59. The molecule has 1 aliphatic rings. The van der Waals surface area contributed by atoms with Gasteiger partial charge < -0.3 is 19.5 Å². The van der Waals surface area contributed by atoms with Crippen LogP contribution >= 0.6 is 0 Å². The van der Waals surface area contributed by atoms with Crippen LogP contribution in [-0.2, 0) is 34.0 Å². The van der Waals surface area contributed by atoms with Gasteiger partial charge >= 0.3 is 5.97 Å². The molecular formula is C28H30N2O5. The van der Waals surface area contributed by atoms with E-state index in [0.29, 0.717) is 24.5 Å². The summed E-state index contributed by atoms with van der Waals surface area (Å²) in [7, 11) is 0. The Kier molecular flexibility index (Phi) is 8.86. The van der Waals surface area contributed by atoms with Crippen LogP contribution in [0.25, 0.3) is 0 Å². The molecule has 1 amide bonds. The van der Waals surface area contributed by atoms with E-state index in [-0.39, 0.29) is 12.5 Å². The van der Waals surface area contributed by atoms with Gasteiger partial charge in [-0.05, 0) is 41.0 Å². The largest absolute Gasteiger partial charge is 0.489 e. The Morgan fingerprint density at radius 1 is 0.857 bits per heavy atom. The first kappa shape index (κ1) is 24.4. The zero-order valence-corrected chi connectivity index (χ0v) is 19.7. The molecule has 1 aliphatic heterocycles. The van der Waals surface area contributed by atoms with E-state index in [9.17, 15) is 9.59 Å². The molecule has 0 saturated carbocycles. The molecule has 1 heterocycles. The van der Waals surface area contributed by atoms with E-state index in [0.717, 1.165) is 44.0 Å². The molecule has 0 unspecified atom stereocenters. The number of rotatable bonds is 10. The molecule has 3 aromatic rings. The lowest BCUT2D eigenvalue weighted by molar-refractivity contribution is -0.124. The highest BCUT2D eigenvalue weighted by atomic mass is 16.5. The second-order valence-electron chi connectivity index (χ2n) is 8.31. The van der Waals surface area contributed by atoms with E-state index in [1.54, 1.807) is 24.3 Å². The highest BCUT2D eigenvalue weighted by Crippen LogP contribution is 2.15. The van der Waals surface area contributed by atoms with Crippen molar-refractivity contribution in [3.05, 3.63) is 101 Å². The zero-order chi connectivity index (χ0) is 24.3. The lowest BCUT2D eigenvalue weighted by Crippen LogP contribution is -2.36. The van der Waals surface area contributed by atoms with Gasteiger partial charge in [-0.2, -0.15) is 0 Å². The number of carbonyl (C=O) groups is 2. The first-order valence-electron chi connectivity index (χ1n) is 11.7. The average Bonchev–Trinajstić information content (AvgIpc) is 2.91. The third-order valence-corrected chi connectivity index (χ3v) is 5.76. The maximum absolute atomic E-state index is 12.3. The Morgan fingerprint density at radius 3 is 2.29 bits per heavy atom. The summed E-state index contributed by atoms with van der Waals surface area (Å²) < 4.78 is 16.3. The van der Waals surface area contributed by atoms with Crippen LogP contribution in [0.2, 0.25) is 0 Å². The van der Waals surface area contributed by atoms with Crippen molar-refractivity contribution in [1.29, 1.82) is 0 Å². The fourth-order valence-corrected chi connectivity index (χ4v) is 3.77. The predicted molar refractivity (Wildman–Crippen MR) is 132 cm³/mol. The van der Waals surface area contributed by atoms with Crippen molar-refractivity contribution in [3.63, 3.8) is 0 Å². The second kappa shape index (κ2) is 12.7. The molecule has 7 heteroatoms. The number of carbonyl (C=O) groups excluding carboxylic acids is 2. The summed E-state index contributed by atoms with van der Waals surface area (Å²) in [5, 5.41) is 2.85. The molecule has 0 atom stereocenters. The molecule has 182 valence electrons. The van der Waals surface area contributed by atoms with Gasteiger partial charge in [-0.25, -0.2) is 4.79 Å². The number of ether oxygens (including phenoxy) is 3. The lowest BCUT2D eigenvalue weighted by atomic mass is 10.1. The summed E-state index contributed by atoms with van der Waals surface area (Å²) in [5.74, 6) is -0.247. The molecule has 4 rings (SSSR count). The van der Waals surface area contributed by atoms with Gasteiger partial charge in [-0.15, -0.1) is 0 Å². The highest BCUT2D eigenvalue weighted by Gasteiger charge is 2.14. The monoisotopic (exact) mass is 474 g/mol. The molecule has 0 aliphatic carbocycles. The van der Waals surface area contributed by atoms with Crippen LogP contribution in [0.1, 0.15) is 27.0 Å². The fourth-order valence-electron chi connectivity index (χ4n) is 3.77. The number of hydrogen-bond acceptors (Lipinski definition) is 6. The average molecular weight is 475 g/mol. The van der Waals surface area contributed by atoms with Crippen molar-refractivity contribution >= 4 is 11.9 Å². The number of morpholine rings is 1. The Morgan fingerprint density at radius 2 is 1.54 bits per heavy atom. The standard InChI is InChI=1S/C28H30N2O5/c31-27(29-18-24-8-4-5-9-25(24)19-30-14-16-33-17-15-30)21-35-28(32)23-10-12-26(13-11-23)34-20-22-6-2-1-3-7-22/h1-13H,14-21H2,(H,29,31). The molecule has 35 heavy (non-hydrogen) atoms. The van der Waals surface area contributed by atoms with Gasteiger partial charge in [0, 0.05) is 26.2 Å². The van der Waals surface area contributed by atoms with Gasteiger partial charge in [0.05, 0.1) is 18.8 Å². The number of amides is 1. The summed E-state index contributed by atoms with van der Waals surface area (Å²) in [5.41, 5.74) is 3.64. The summed E-state index contributed by atoms with van der Waals surface area (Å²) in [6.07, 6.45) is 0. The molecule has 0 radical (unpaired) electrons. The maximum atomic E-state index is 12.3. The van der Waals surface area contributed by atoms with Crippen LogP contribution in [0.3, 0.4) is 0 Å². The minimum absolute atomic E-state index is 0.337. The van der Waals surface area contributed by atoms with Crippen molar-refractivity contribution in [2.45, 2.75) is 19.7 Å². The van der Waals surface area contributed by atoms with Crippen molar-refractivity contribution in [1.82, 2.24) is 10.2 Å². The molecule has 1 N–H and O–H groups in total.